The Morgan fingerprint density at radius 3 is 1.71 bits per heavy atom. The summed E-state index contributed by atoms with van der Waals surface area (Å²) in [5.41, 5.74) is 5.12. The number of hydrogen-bond donors (Lipinski definition) is 0. The minimum atomic E-state index is 1.21. The second-order valence-corrected chi connectivity index (χ2v) is 6.35. The first-order valence-electron chi connectivity index (χ1n) is 7.00. The van der Waals surface area contributed by atoms with Crippen molar-refractivity contribution in [1.29, 1.82) is 0 Å². The zero-order valence-electron chi connectivity index (χ0n) is 13.1. The summed E-state index contributed by atoms with van der Waals surface area (Å²) >= 11 is 0. The van der Waals surface area contributed by atoms with Crippen molar-refractivity contribution >= 4 is 19.1 Å². The van der Waals surface area contributed by atoms with Crippen LogP contribution in [0.2, 0.25) is 0 Å². The third-order valence-corrected chi connectivity index (χ3v) is 4.86. The van der Waals surface area contributed by atoms with Crippen molar-refractivity contribution in [2.24, 2.45) is 0 Å². The van der Waals surface area contributed by atoms with E-state index < -0.39 is 0 Å². The third-order valence-electron chi connectivity index (χ3n) is 3.12. The van der Waals surface area contributed by atoms with Gasteiger partial charge < -0.3 is 0 Å². The van der Waals surface area contributed by atoms with Gasteiger partial charge in [0.15, 0.2) is 0 Å². The first kappa shape index (κ1) is 15.6. The van der Waals surface area contributed by atoms with E-state index in [0.29, 0.717) is 0 Å². The van der Waals surface area contributed by atoms with Crippen molar-refractivity contribution < 1.29 is 4.58 Å². The Labute approximate surface area is 129 Å². The second-order valence-electron chi connectivity index (χ2n) is 5.28. The van der Waals surface area contributed by atoms with Crippen LogP contribution in [-0.4, -0.2) is 48.5 Å². The SMILES string of the molecule is CN(C)C(=PC(c1ccccc1)=[N+](C)C)c1ccccc1. The molecule has 0 aliphatic rings. The molecule has 0 heterocycles. The number of benzene rings is 2. The van der Waals surface area contributed by atoms with Crippen LogP contribution >= 0.6 is 8.20 Å². The highest BCUT2D eigenvalue weighted by Gasteiger charge is 2.13. The van der Waals surface area contributed by atoms with Crippen LogP contribution in [-0.2, 0) is 0 Å². The summed E-state index contributed by atoms with van der Waals surface area (Å²) in [4.78, 5) is 2.20. The molecular formula is C18H22N2P+. The fraction of sp³-hybridized carbons (Fsp3) is 0.222. The Morgan fingerprint density at radius 2 is 1.29 bits per heavy atom. The molecule has 0 unspecified atom stereocenters. The van der Waals surface area contributed by atoms with Gasteiger partial charge in [-0.1, -0.05) is 48.5 Å². The maximum atomic E-state index is 2.20. The summed E-state index contributed by atoms with van der Waals surface area (Å²) < 4.78 is 2.20. The van der Waals surface area contributed by atoms with Gasteiger partial charge >= 0.3 is 0 Å². The lowest BCUT2D eigenvalue weighted by Gasteiger charge is -2.14. The first-order valence-corrected chi connectivity index (χ1v) is 7.90. The molecule has 0 aromatic heterocycles. The fourth-order valence-corrected chi connectivity index (χ4v) is 3.28. The Bertz CT molecular complexity index is 639. The molecule has 0 saturated carbocycles. The largest absolute Gasteiger partial charge is 0.277 e. The van der Waals surface area contributed by atoms with E-state index in [1.54, 1.807) is 0 Å². The van der Waals surface area contributed by atoms with Crippen molar-refractivity contribution in [3.05, 3.63) is 71.8 Å². The first-order chi connectivity index (χ1) is 10.1. The lowest BCUT2D eigenvalue weighted by atomic mass is 10.2. The Hall–Kier alpha value is -1.76. The van der Waals surface area contributed by atoms with Gasteiger partial charge in [-0.25, -0.2) is 4.58 Å². The maximum Gasteiger partial charge on any atom is 0.233 e. The van der Waals surface area contributed by atoms with Crippen LogP contribution in [0.3, 0.4) is 0 Å². The topological polar surface area (TPSA) is 6.25 Å². The zero-order chi connectivity index (χ0) is 15.2. The molecule has 0 aliphatic carbocycles. The molecule has 0 radical (unpaired) electrons. The maximum absolute atomic E-state index is 2.20. The minimum Gasteiger partial charge on any atom is -0.277 e. The van der Waals surface area contributed by atoms with E-state index in [0.717, 1.165) is 0 Å². The molecule has 0 aliphatic heterocycles. The molecule has 0 bridgehead atoms. The van der Waals surface area contributed by atoms with Gasteiger partial charge in [-0.05, 0) is 31.8 Å². The van der Waals surface area contributed by atoms with E-state index in [1.165, 1.54) is 30.2 Å². The van der Waals surface area contributed by atoms with Crippen LogP contribution in [0.25, 0.3) is 0 Å². The smallest absolute Gasteiger partial charge is 0.233 e. The van der Waals surface area contributed by atoms with Crippen LogP contribution in [0, 0.1) is 0 Å². The lowest BCUT2D eigenvalue weighted by Crippen LogP contribution is -2.22. The molecule has 2 aromatic rings. The molecule has 2 rings (SSSR count). The summed E-state index contributed by atoms with van der Waals surface area (Å²) in [6.07, 6.45) is 0. The number of hydrogen-bond acceptors (Lipinski definition) is 0. The summed E-state index contributed by atoms with van der Waals surface area (Å²) in [6.45, 7) is 0. The predicted molar refractivity (Wildman–Crippen MR) is 93.8 cm³/mol. The van der Waals surface area contributed by atoms with E-state index >= 15 is 0 Å². The zero-order valence-corrected chi connectivity index (χ0v) is 14.0. The Kier molecular flexibility index (Phi) is 5.44. The quantitative estimate of drug-likeness (QED) is 0.476. The van der Waals surface area contributed by atoms with E-state index in [-0.39, 0.29) is 0 Å². The highest BCUT2D eigenvalue weighted by molar-refractivity contribution is 7.60. The Balaban J connectivity index is 2.53. The molecule has 0 spiro atoms. The van der Waals surface area contributed by atoms with Gasteiger partial charge in [-0.15, -0.1) is 0 Å². The molecule has 2 aromatic carbocycles. The normalized spacial score (nSPS) is 11.6. The van der Waals surface area contributed by atoms with E-state index in [4.69, 9.17) is 0 Å². The minimum absolute atomic E-state index is 1.21. The van der Waals surface area contributed by atoms with Crippen LogP contribution < -0.4 is 0 Å². The van der Waals surface area contributed by atoms with Gasteiger partial charge in [0.05, 0.1) is 11.0 Å². The van der Waals surface area contributed by atoms with Crippen LogP contribution in [0.5, 0.6) is 0 Å². The van der Waals surface area contributed by atoms with Crippen LogP contribution in [0.1, 0.15) is 11.1 Å². The summed E-state index contributed by atoms with van der Waals surface area (Å²) in [5.74, 6) is 0. The van der Waals surface area contributed by atoms with Crippen molar-refractivity contribution in [2.75, 3.05) is 28.2 Å². The van der Waals surface area contributed by atoms with Gasteiger partial charge in [0.2, 0.25) is 5.45 Å². The molecule has 0 fully saturated rings. The summed E-state index contributed by atoms with van der Waals surface area (Å²) in [5, 5.41) is 0. The lowest BCUT2D eigenvalue weighted by molar-refractivity contribution is -0.461. The summed E-state index contributed by atoms with van der Waals surface area (Å²) in [6, 6.07) is 21.1. The average molecular weight is 297 g/mol. The molecule has 0 atom stereocenters. The molecule has 2 nitrogen and oxygen atoms in total. The van der Waals surface area contributed by atoms with Crippen LogP contribution in [0.4, 0.5) is 0 Å². The fourth-order valence-electron chi connectivity index (χ4n) is 2.12. The highest BCUT2D eigenvalue weighted by atomic mass is 31.1. The van der Waals surface area contributed by atoms with Gasteiger partial charge in [0, 0.05) is 8.20 Å². The molecule has 108 valence electrons. The van der Waals surface area contributed by atoms with Gasteiger partial charge in [-0.3, -0.25) is 4.90 Å². The van der Waals surface area contributed by atoms with E-state index in [2.05, 4.69) is 98.3 Å². The van der Waals surface area contributed by atoms with Gasteiger partial charge in [0.1, 0.15) is 14.1 Å². The monoisotopic (exact) mass is 297 g/mol. The van der Waals surface area contributed by atoms with Crippen molar-refractivity contribution in [3.63, 3.8) is 0 Å². The number of nitrogens with zero attached hydrogens (tertiary/aromatic N) is 2. The predicted octanol–water partition coefficient (Wildman–Crippen LogP) is 3.39. The van der Waals surface area contributed by atoms with E-state index in [1.807, 2.05) is 0 Å². The Morgan fingerprint density at radius 1 is 0.810 bits per heavy atom. The van der Waals surface area contributed by atoms with Gasteiger partial charge in [0.25, 0.3) is 0 Å². The molecular weight excluding hydrogens is 275 g/mol. The van der Waals surface area contributed by atoms with E-state index in [9.17, 15) is 0 Å². The molecule has 0 amide bonds. The van der Waals surface area contributed by atoms with Crippen molar-refractivity contribution in [3.8, 4) is 0 Å². The van der Waals surface area contributed by atoms with Gasteiger partial charge in [-0.2, -0.15) is 0 Å². The third kappa shape index (κ3) is 4.10. The molecule has 0 N–H and O–H groups in total. The average Bonchev–Trinajstić information content (AvgIpc) is 2.49. The molecule has 21 heavy (non-hydrogen) atoms. The molecule has 3 heteroatoms. The highest BCUT2D eigenvalue weighted by Crippen LogP contribution is 2.18. The van der Waals surface area contributed by atoms with Crippen molar-refractivity contribution in [2.45, 2.75) is 0 Å². The van der Waals surface area contributed by atoms with Crippen molar-refractivity contribution in [1.82, 2.24) is 4.90 Å². The second kappa shape index (κ2) is 7.31. The standard InChI is InChI=1S/C18H22N2P/c1-19(2)17(15-11-7-5-8-12-15)21-18(20(3)4)16-13-9-6-10-14-16/h5-14H,1-4H3/q+1. The van der Waals surface area contributed by atoms with Crippen LogP contribution in [0.15, 0.2) is 60.7 Å². The molecule has 0 saturated heterocycles. The number of rotatable bonds is 4. The summed E-state index contributed by atoms with van der Waals surface area (Å²) in [7, 11) is 9.63.